The summed E-state index contributed by atoms with van der Waals surface area (Å²) in [6.07, 6.45) is 3.71. The Bertz CT molecular complexity index is 659. The molecule has 0 radical (unpaired) electrons. The van der Waals surface area contributed by atoms with Gasteiger partial charge in [0.05, 0.1) is 6.20 Å². The van der Waals surface area contributed by atoms with Gasteiger partial charge in [0.2, 0.25) is 11.8 Å². The Balaban J connectivity index is 1.58. The first-order chi connectivity index (χ1) is 10.6. The molecule has 5 heteroatoms. The number of aromatic nitrogens is 1. The van der Waals surface area contributed by atoms with Crippen LogP contribution in [0.4, 0.5) is 5.69 Å². The van der Waals surface area contributed by atoms with Crippen LogP contribution in [0.3, 0.4) is 0 Å². The van der Waals surface area contributed by atoms with Crippen LogP contribution in [-0.4, -0.2) is 10.9 Å². The molecule has 0 spiro atoms. The molecule has 1 aromatic carbocycles. The molecule has 1 heterocycles. The second-order valence-corrected chi connectivity index (χ2v) is 5.89. The monoisotopic (exact) mass is 300 g/mol. The predicted octanol–water partition coefficient (Wildman–Crippen LogP) is 3.73. The zero-order chi connectivity index (χ0) is 15.5. The zero-order valence-electron chi connectivity index (χ0n) is 12.8. The number of benzene rings is 1. The van der Waals surface area contributed by atoms with Gasteiger partial charge in [-0.1, -0.05) is 19.9 Å². The van der Waals surface area contributed by atoms with Crippen LogP contribution in [0.15, 0.2) is 34.9 Å². The number of oxazole rings is 1. The quantitative estimate of drug-likeness (QED) is 0.883. The fourth-order valence-electron chi connectivity index (χ4n) is 2.06. The van der Waals surface area contributed by atoms with Gasteiger partial charge in [0.1, 0.15) is 11.5 Å². The average molecular weight is 300 g/mol. The van der Waals surface area contributed by atoms with Crippen molar-refractivity contribution >= 4 is 11.6 Å². The van der Waals surface area contributed by atoms with Crippen LogP contribution in [0.25, 0.3) is 0 Å². The van der Waals surface area contributed by atoms with Gasteiger partial charge in [-0.3, -0.25) is 4.79 Å². The number of nitrogens with one attached hydrogen (secondary N) is 1. The highest BCUT2D eigenvalue weighted by Crippen LogP contribution is 2.30. The number of carbonyl (C=O) groups excluding carboxylic acids is 1. The maximum Gasteiger partial charge on any atom is 0.232 e. The molecular weight excluding hydrogens is 280 g/mol. The molecule has 1 fully saturated rings. The van der Waals surface area contributed by atoms with Gasteiger partial charge in [-0.25, -0.2) is 4.98 Å². The molecule has 1 saturated carbocycles. The van der Waals surface area contributed by atoms with Gasteiger partial charge in [0, 0.05) is 23.6 Å². The lowest BCUT2D eigenvalue weighted by Crippen LogP contribution is -2.13. The van der Waals surface area contributed by atoms with E-state index in [4.69, 9.17) is 9.15 Å². The molecule has 1 N–H and O–H groups in total. The predicted molar refractivity (Wildman–Crippen MR) is 82.7 cm³/mol. The van der Waals surface area contributed by atoms with Crippen molar-refractivity contribution in [3.05, 3.63) is 42.1 Å². The van der Waals surface area contributed by atoms with E-state index in [0.29, 0.717) is 17.6 Å². The molecule has 1 aromatic heterocycles. The van der Waals surface area contributed by atoms with Crippen LogP contribution in [0.5, 0.6) is 5.75 Å². The van der Waals surface area contributed by atoms with Crippen molar-refractivity contribution in [2.45, 2.75) is 39.2 Å². The lowest BCUT2D eigenvalue weighted by molar-refractivity contribution is -0.117. The van der Waals surface area contributed by atoms with E-state index in [9.17, 15) is 4.79 Å². The van der Waals surface area contributed by atoms with E-state index in [0.717, 1.165) is 24.3 Å². The molecule has 0 saturated heterocycles. The van der Waals surface area contributed by atoms with Crippen molar-refractivity contribution < 1.29 is 13.9 Å². The molecular formula is C17H20N2O3. The second kappa shape index (κ2) is 6.22. The number of nitrogens with zero attached hydrogens (tertiary/aromatic N) is 1. The minimum atomic E-state index is 0.0893. The van der Waals surface area contributed by atoms with Gasteiger partial charge in [-0.05, 0) is 25.0 Å². The van der Waals surface area contributed by atoms with Gasteiger partial charge in [-0.15, -0.1) is 0 Å². The Hall–Kier alpha value is -2.30. The van der Waals surface area contributed by atoms with Gasteiger partial charge in [0.25, 0.3) is 0 Å². The Kier molecular flexibility index (Phi) is 4.13. The van der Waals surface area contributed by atoms with Crippen LogP contribution in [0.2, 0.25) is 0 Å². The summed E-state index contributed by atoms with van der Waals surface area (Å²) in [4.78, 5) is 15.9. The highest BCUT2D eigenvalue weighted by Gasteiger charge is 2.29. The normalized spacial score (nSPS) is 14.1. The van der Waals surface area contributed by atoms with Gasteiger partial charge in [0.15, 0.2) is 6.61 Å². The lowest BCUT2D eigenvalue weighted by atomic mass is 10.2. The molecule has 1 amide bonds. The maximum atomic E-state index is 11.8. The average Bonchev–Trinajstić information content (AvgIpc) is 3.24. The molecule has 22 heavy (non-hydrogen) atoms. The minimum Gasteiger partial charge on any atom is -0.484 e. The van der Waals surface area contributed by atoms with Crippen LogP contribution in [0.1, 0.15) is 44.3 Å². The van der Waals surface area contributed by atoms with Gasteiger partial charge >= 0.3 is 0 Å². The summed E-state index contributed by atoms with van der Waals surface area (Å²) in [6, 6.07) is 7.37. The zero-order valence-corrected chi connectivity index (χ0v) is 12.8. The van der Waals surface area contributed by atoms with Gasteiger partial charge < -0.3 is 14.5 Å². The fourth-order valence-corrected chi connectivity index (χ4v) is 2.06. The number of hydrogen-bond acceptors (Lipinski definition) is 4. The summed E-state index contributed by atoms with van der Waals surface area (Å²) in [6.45, 7) is 4.38. The number of anilines is 1. The number of ether oxygens (including phenoxy) is 1. The number of carbonyl (C=O) groups is 1. The molecule has 2 aromatic rings. The second-order valence-electron chi connectivity index (χ2n) is 5.89. The summed E-state index contributed by atoms with van der Waals surface area (Å²) in [5.74, 6) is 2.66. The maximum absolute atomic E-state index is 11.8. The third kappa shape index (κ3) is 3.67. The Morgan fingerprint density at radius 2 is 2.27 bits per heavy atom. The van der Waals surface area contributed by atoms with E-state index in [1.165, 1.54) is 0 Å². The molecule has 0 atom stereocenters. The Morgan fingerprint density at radius 1 is 1.45 bits per heavy atom. The summed E-state index contributed by atoms with van der Waals surface area (Å²) in [5.41, 5.74) is 0.754. The molecule has 0 bridgehead atoms. The third-order valence-electron chi connectivity index (χ3n) is 3.55. The number of hydrogen-bond donors (Lipinski definition) is 1. The SMILES string of the molecule is CC(C)c1cnc(COc2cccc(NC(=O)C3CC3)c2)o1. The summed E-state index contributed by atoms with van der Waals surface area (Å²) < 4.78 is 11.3. The molecule has 1 aliphatic rings. The van der Waals surface area contributed by atoms with Gasteiger partial charge in [-0.2, -0.15) is 0 Å². The van der Waals surface area contributed by atoms with E-state index in [2.05, 4.69) is 24.1 Å². The number of amides is 1. The summed E-state index contributed by atoms with van der Waals surface area (Å²) in [7, 11) is 0. The van der Waals surface area contributed by atoms with Crippen LogP contribution in [-0.2, 0) is 11.4 Å². The highest BCUT2D eigenvalue weighted by molar-refractivity contribution is 5.94. The van der Waals surface area contributed by atoms with E-state index in [1.54, 1.807) is 6.20 Å². The lowest BCUT2D eigenvalue weighted by Gasteiger charge is -2.08. The molecule has 0 unspecified atom stereocenters. The summed E-state index contributed by atoms with van der Waals surface area (Å²) in [5, 5.41) is 2.90. The highest BCUT2D eigenvalue weighted by atomic mass is 16.5. The first kappa shape index (κ1) is 14.6. The van der Waals surface area contributed by atoms with Crippen LogP contribution >= 0.6 is 0 Å². The topological polar surface area (TPSA) is 64.4 Å². The van der Waals surface area contributed by atoms with Crippen molar-refractivity contribution in [2.24, 2.45) is 5.92 Å². The molecule has 1 aliphatic carbocycles. The van der Waals surface area contributed by atoms with Crippen LogP contribution in [0, 0.1) is 5.92 Å². The Morgan fingerprint density at radius 3 is 2.95 bits per heavy atom. The molecule has 116 valence electrons. The molecule has 3 rings (SSSR count). The van der Waals surface area contributed by atoms with Crippen molar-refractivity contribution in [1.29, 1.82) is 0 Å². The van der Waals surface area contributed by atoms with E-state index < -0.39 is 0 Å². The van der Waals surface area contributed by atoms with E-state index in [-0.39, 0.29) is 18.4 Å². The van der Waals surface area contributed by atoms with Crippen molar-refractivity contribution in [3.8, 4) is 5.75 Å². The van der Waals surface area contributed by atoms with E-state index in [1.807, 2.05) is 24.3 Å². The van der Waals surface area contributed by atoms with Crippen molar-refractivity contribution in [3.63, 3.8) is 0 Å². The van der Waals surface area contributed by atoms with E-state index >= 15 is 0 Å². The minimum absolute atomic E-state index is 0.0893. The largest absolute Gasteiger partial charge is 0.484 e. The van der Waals surface area contributed by atoms with Crippen LogP contribution < -0.4 is 10.1 Å². The third-order valence-corrected chi connectivity index (χ3v) is 3.55. The first-order valence-electron chi connectivity index (χ1n) is 7.60. The fraction of sp³-hybridized carbons (Fsp3) is 0.412. The smallest absolute Gasteiger partial charge is 0.232 e. The number of rotatable bonds is 6. The van der Waals surface area contributed by atoms with Crippen molar-refractivity contribution in [2.75, 3.05) is 5.32 Å². The van der Waals surface area contributed by atoms with Crippen molar-refractivity contribution in [1.82, 2.24) is 4.98 Å². The molecule has 0 aliphatic heterocycles. The standard InChI is InChI=1S/C17H20N2O3/c1-11(2)15-9-18-16(22-15)10-21-14-5-3-4-13(8-14)19-17(20)12-6-7-12/h3-5,8-9,11-12H,6-7,10H2,1-2H3,(H,19,20). The first-order valence-corrected chi connectivity index (χ1v) is 7.60. The summed E-state index contributed by atoms with van der Waals surface area (Å²) >= 11 is 0. The Labute approximate surface area is 129 Å². The molecule has 5 nitrogen and oxygen atoms in total.